The van der Waals surface area contributed by atoms with Crippen LogP contribution in [0.1, 0.15) is 36.8 Å². The Morgan fingerprint density at radius 3 is 2.16 bits per heavy atom. The first-order chi connectivity index (χ1) is 15.1. The van der Waals surface area contributed by atoms with Crippen LogP contribution in [0.4, 0.5) is 0 Å². The van der Waals surface area contributed by atoms with Crippen molar-refractivity contribution < 1.29 is 19.0 Å². The number of carbonyl (C=O) groups excluding carboxylic acids is 1. The summed E-state index contributed by atoms with van der Waals surface area (Å²) in [7, 11) is 0. The van der Waals surface area contributed by atoms with Crippen LogP contribution in [0.25, 0.3) is 27.4 Å². The molecule has 5 heteroatoms. The van der Waals surface area contributed by atoms with Crippen molar-refractivity contribution in [3.63, 3.8) is 0 Å². The van der Waals surface area contributed by atoms with Crippen molar-refractivity contribution in [3.05, 3.63) is 65.9 Å². The van der Waals surface area contributed by atoms with Gasteiger partial charge in [-0.05, 0) is 58.0 Å². The van der Waals surface area contributed by atoms with Gasteiger partial charge in [-0.3, -0.25) is 0 Å². The van der Waals surface area contributed by atoms with Crippen LogP contribution in [-0.2, 0) is 4.74 Å². The Balaban J connectivity index is 2.08. The van der Waals surface area contributed by atoms with E-state index in [-0.39, 0.29) is 5.97 Å². The summed E-state index contributed by atoms with van der Waals surface area (Å²) in [6, 6.07) is 18.0. The summed E-state index contributed by atoms with van der Waals surface area (Å²) >= 11 is 0. The molecule has 4 rings (SSSR count). The molecule has 0 saturated heterocycles. The number of hydrogen-bond acceptors (Lipinski definition) is 4. The highest BCUT2D eigenvalue weighted by atomic mass is 16.5. The Labute approximate surface area is 182 Å². The molecule has 0 saturated carbocycles. The molecule has 160 valence electrons. The van der Waals surface area contributed by atoms with Gasteiger partial charge < -0.3 is 18.8 Å². The zero-order valence-corrected chi connectivity index (χ0v) is 18.4. The number of benzene rings is 3. The van der Waals surface area contributed by atoms with Gasteiger partial charge in [-0.15, -0.1) is 0 Å². The highest BCUT2D eigenvalue weighted by Crippen LogP contribution is 2.39. The Bertz CT molecular complexity index is 1240. The summed E-state index contributed by atoms with van der Waals surface area (Å²) < 4.78 is 19.1. The molecule has 1 heterocycles. The van der Waals surface area contributed by atoms with Crippen molar-refractivity contribution in [1.29, 1.82) is 0 Å². The predicted octanol–water partition coefficient (Wildman–Crippen LogP) is 6.07. The average Bonchev–Trinajstić information content (AvgIpc) is 3.07. The molecule has 0 bridgehead atoms. The normalized spacial score (nSPS) is 11.1. The third kappa shape index (κ3) is 3.61. The van der Waals surface area contributed by atoms with E-state index in [1.807, 2.05) is 70.2 Å². The van der Waals surface area contributed by atoms with E-state index < -0.39 is 0 Å². The molecule has 0 spiro atoms. The van der Waals surface area contributed by atoms with Crippen LogP contribution in [-0.4, -0.2) is 30.4 Å². The maximum atomic E-state index is 13.0. The number of ether oxygens (including phenoxy) is 3. The molecule has 3 aromatic carbocycles. The zero-order chi connectivity index (χ0) is 22.0. The smallest absolute Gasteiger partial charge is 0.340 e. The molecule has 0 atom stereocenters. The average molecular weight is 418 g/mol. The molecule has 0 amide bonds. The summed E-state index contributed by atoms with van der Waals surface area (Å²) in [4.78, 5) is 13.0. The van der Waals surface area contributed by atoms with E-state index in [4.69, 9.17) is 14.2 Å². The SMILES string of the molecule is CCOC(=O)c1c(C)n(-c2ccc(OCC)cc2)c2c1cc(OCC)c1ccccc12. The van der Waals surface area contributed by atoms with Gasteiger partial charge in [0.25, 0.3) is 0 Å². The Morgan fingerprint density at radius 1 is 0.839 bits per heavy atom. The fourth-order valence-corrected chi connectivity index (χ4v) is 4.15. The number of rotatable bonds is 7. The zero-order valence-electron chi connectivity index (χ0n) is 18.4. The molecule has 4 aromatic rings. The molecule has 0 N–H and O–H groups in total. The summed E-state index contributed by atoms with van der Waals surface area (Å²) in [5, 5.41) is 2.86. The van der Waals surface area contributed by atoms with Crippen LogP contribution in [0.3, 0.4) is 0 Å². The van der Waals surface area contributed by atoms with E-state index in [2.05, 4.69) is 16.7 Å². The maximum Gasteiger partial charge on any atom is 0.340 e. The molecule has 0 unspecified atom stereocenters. The predicted molar refractivity (Wildman–Crippen MR) is 124 cm³/mol. The summed E-state index contributed by atoms with van der Waals surface area (Å²) in [6.45, 7) is 9.18. The van der Waals surface area contributed by atoms with E-state index in [9.17, 15) is 4.79 Å². The fraction of sp³-hybridized carbons (Fsp3) is 0.269. The van der Waals surface area contributed by atoms with Gasteiger partial charge in [0.05, 0.1) is 30.9 Å². The van der Waals surface area contributed by atoms with Crippen LogP contribution in [0.2, 0.25) is 0 Å². The molecule has 31 heavy (non-hydrogen) atoms. The van der Waals surface area contributed by atoms with Crippen LogP contribution in [0.15, 0.2) is 54.6 Å². The minimum Gasteiger partial charge on any atom is -0.494 e. The maximum absolute atomic E-state index is 13.0. The van der Waals surface area contributed by atoms with Crippen LogP contribution in [0, 0.1) is 6.92 Å². The van der Waals surface area contributed by atoms with E-state index in [0.29, 0.717) is 25.4 Å². The third-order valence-corrected chi connectivity index (χ3v) is 5.35. The number of aromatic nitrogens is 1. The van der Waals surface area contributed by atoms with Crippen LogP contribution < -0.4 is 9.47 Å². The quantitative estimate of drug-likeness (QED) is 0.343. The monoisotopic (exact) mass is 417 g/mol. The second kappa shape index (κ2) is 8.72. The largest absolute Gasteiger partial charge is 0.494 e. The van der Waals surface area contributed by atoms with E-state index in [1.54, 1.807) is 0 Å². The highest BCUT2D eigenvalue weighted by Gasteiger charge is 2.25. The summed E-state index contributed by atoms with van der Waals surface area (Å²) in [5.74, 6) is 1.25. The first-order valence-electron chi connectivity index (χ1n) is 10.7. The van der Waals surface area contributed by atoms with Crippen molar-refractivity contribution in [3.8, 4) is 17.2 Å². The van der Waals surface area contributed by atoms with Crippen LogP contribution in [0.5, 0.6) is 11.5 Å². The van der Waals surface area contributed by atoms with Crippen molar-refractivity contribution in [2.45, 2.75) is 27.7 Å². The molecule has 0 fully saturated rings. The fourth-order valence-electron chi connectivity index (χ4n) is 4.15. The lowest BCUT2D eigenvalue weighted by Gasteiger charge is -2.13. The van der Waals surface area contributed by atoms with Gasteiger partial charge >= 0.3 is 5.97 Å². The van der Waals surface area contributed by atoms with E-state index >= 15 is 0 Å². The second-order valence-electron chi connectivity index (χ2n) is 7.19. The number of nitrogens with zero attached hydrogens (tertiary/aromatic N) is 1. The topological polar surface area (TPSA) is 49.7 Å². The lowest BCUT2D eigenvalue weighted by Crippen LogP contribution is -2.07. The van der Waals surface area contributed by atoms with Crippen molar-refractivity contribution >= 4 is 27.6 Å². The van der Waals surface area contributed by atoms with Gasteiger partial charge in [0.1, 0.15) is 11.5 Å². The van der Waals surface area contributed by atoms with Gasteiger partial charge in [0.2, 0.25) is 0 Å². The van der Waals surface area contributed by atoms with Gasteiger partial charge in [0, 0.05) is 27.5 Å². The molecule has 0 aliphatic carbocycles. The third-order valence-electron chi connectivity index (χ3n) is 5.35. The lowest BCUT2D eigenvalue weighted by atomic mass is 10.0. The number of fused-ring (bicyclic) bond motifs is 3. The Kier molecular flexibility index (Phi) is 5.85. The minimum atomic E-state index is -0.326. The first-order valence-corrected chi connectivity index (χ1v) is 10.7. The van der Waals surface area contributed by atoms with Crippen molar-refractivity contribution in [2.24, 2.45) is 0 Å². The van der Waals surface area contributed by atoms with Gasteiger partial charge in [0.15, 0.2) is 0 Å². The van der Waals surface area contributed by atoms with E-state index in [1.165, 1.54) is 0 Å². The minimum absolute atomic E-state index is 0.319. The molecule has 0 aliphatic rings. The second-order valence-corrected chi connectivity index (χ2v) is 7.19. The van der Waals surface area contributed by atoms with Gasteiger partial charge in [-0.1, -0.05) is 24.3 Å². The number of hydrogen-bond donors (Lipinski definition) is 0. The highest BCUT2D eigenvalue weighted by molar-refractivity contribution is 6.17. The molecule has 1 aromatic heterocycles. The Morgan fingerprint density at radius 2 is 1.52 bits per heavy atom. The molecule has 0 radical (unpaired) electrons. The number of carbonyl (C=O) groups is 1. The summed E-state index contributed by atoms with van der Waals surface area (Å²) in [6.07, 6.45) is 0. The number of esters is 1. The molecular formula is C26H27NO4. The lowest BCUT2D eigenvalue weighted by molar-refractivity contribution is 0.0527. The molecular weight excluding hydrogens is 390 g/mol. The Hall–Kier alpha value is -3.47. The molecule has 5 nitrogen and oxygen atoms in total. The van der Waals surface area contributed by atoms with Crippen molar-refractivity contribution in [1.82, 2.24) is 4.57 Å². The summed E-state index contributed by atoms with van der Waals surface area (Å²) in [5.41, 5.74) is 3.31. The molecule has 0 aliphatic heterocycles. The van der Waals surface area contributed by atoms with Gasteiger partial charge in [-0.2, -0.15) is 0 Å². The van der Waals surface area contributed by atoms with E-state index in [0.717, 1.165) is 44.6 Å². The van der Waals surface area contributed by atoms with Gasteiger partial charge in [-0.25, -0.2) is 4.79 Å². The van der Waals surface area contributed by atoms with Crippen molar-refractivity contribution in [2.75, 3.05) is 19.8 Å². The standard InChI is InChI=1S/C26H27NO4/c1-5-29-19-14-12-18(13-15-19)27-17(4)24(26(28)31-7-3)22-16-23(30-6-2)20-10-8-9-11-21(20)25(22)27/h8-16H,5-7H2,1-4H3. The first kappa shape index (κ1) is 20.8. The van der Waals surface area contributed by atoms with Crippen LogP contribution >= 0.6 is 0 Å².